The van der Waals surface area contributed by atoms with Gasteiger partial charge in [-0.2, -0.15) is 9.13 Å². The van der Waals surface area contributed by atoms with Crippen molar-refractivity contribution >= 4 is 11.1 Å². The number of benzene rings is 2. The van der Waals surface area contributed by atoms with E-state index in [4.69, 9.17) is 4.42 Å². The Hall–Kier alpha value is -2.94. The number of aryl methyl sites for hydroxylation is 4. The van der Waals surface area contributed by atoms with Crippen LogP contribution in [0.4, 0.5) is 0 Å². The average Bonchev–Trinajstić information content (AvgIpc) is 2.93. The predicted octanol–water partition coefficient (Wildman–Crippen LogP) is 4.43. The smallest absolute Gasteiger partial charge is 0.382 e. The van der Waals surface area contributed by atoms with Gasteiger partial charge in [-0.05, 0) is 38.5 Å². The van der Waals surface area contributed by atoms with Gasteiger partial charge in [0.15, 0.2) is 11.9 Å². The first-order chi connectivity index (χ1) is 12.5. The van der Waals surface area contributed by atoms with Gasteiger partial charge in [0.2, 0.25) is 11.3 Å². The monoisotopic (exact) mass is 344 g/mol. The first-order valence-electron chi connectivity index (χ1n) is 8.95. The van der Waals surface area contributed by atoms with Gasteiger partial charge in [-0.1, -0.05) is 18.2 Å². The van der Waals surface area contributed by atoms with Crippen molar-refractivity contribution < 1.29 is 13.6 Å². The van der Waals surface area contributed by atoms with Gasteiger partial charge in [0.1, 0.15) is 7.05 Å². The molecule has 0 N–H and O–H groups in total. The zero-order valence-corrected chi connectivity index (χ0v) is 16.0. The molecular weight excluding hydrogens is 320 g/mol. The Balaban J connectivity index is 2.05. The number of aromatic nitrogens is 2. The Morgan fingerprint density at radius 1 is 0.846 bits per heavy atom. The van der Waals surface area contributed by atoms with Gasteiger partial charge in [-0.15, -0.1) is 0 Å². The van der Waals surface area contributed by atoms with Crippen molar-refractivity contribution in [3.63, 3.8) is 0 Å². The van der Waals surface area contributed by atoms with E-state index in [9.17, 15) is 0 Å². The fourth-order valence-electron chi connectivity index (χ4n) is 3.98. The molecule has 4 aromatic rings. The summed E-state index contributed by atoms with van der Waals surface area (Å²) in [5.41, 5.74) is 9.35. The topological polar surface area (TPSA) is 20.9 Å². The van der Waals surface area contributed by atoms with Crippen LogP contribution in [0, 0.1) is 27.7 Å². The Morgan fingerprint density at radius 3 is 2.31 bits per heavy atom. The van der Waals surface area contributed by atoms with E-state index in [1.807, 2.05) is 18.2 Å². The van der Waals surface area contributed by atoms with Crippen molar-refractivity contribution in [2.75, 3.05) is 0 Å². The molecule has 0 saturated carbocycles. The molecule has 0 unspecified atom stereocenters. The lowest BCUT2D eigenvalue weighted by atomic mass is 9.96. The van der Waals surface area contributed by atoms with Crippen LogP contribution in [0.2, 0.25) is 0 Å². The van der Waals surface area contributed by atoms with Gasteiger partial charge < -0.3 is 4.42 Å². The molecule has 0 saturated heterocycles. The molecule has 2 aromatic heterocycles. The predicted molar refractivity (Wildman–Crippen MR) is 103 cm³/mol. The Bertz CT molecular complexity index is 1140. The highest BCUT2D eigenvalue weighted by Crippen LogP contribution is 2.32. The van der Waals surface area contributed by atoms with Crippen molar-refractivity contribution in [1.82, 2.24) is 0 Å². The summed E-state index contributed by atoms with van der Waals surface area (Å²) in [6, 6.07) is 16.7. The lowest BCUT2D eigenvalue weighted by Crippen LogP contribution is -2.36. The van der Waals surface area contributed by atoms with E-state index in [0.29, 0.717) is 0 Å². The quantitative estimate of drug-likeness (QED) is 0.493. The minimum absolute atomic E-state index is 0.900. The van der Waals surface area contributed by atoms with Crippen molar-refractivity contribution in [2.24, 2.45) is 7.05 Å². The van der Waals surface area contributed by atoms with E-state index in [0.717, 1.165) is 17.0 Å². The molecule has 4 rings (SSSR count). The summed E-state index contributed by atoms with van der Waals surface area (Å²) in [5, 5.41) is 0. The van der Waals surface area contributed by atoms with Gasteiger partial charge in [0, 0.05) is 36.2 Å². The van der Waals surface area contributed by atoms with Crippen molar-refractivity contribution in [3.05, 3.63) is 77.1 Å². The number of nitrogens with zero attached hydrogens (tertiary/aromatic N) is 2. The molecule has 0 fully saturated rings. The summed E-state index contributed by atoms with van der Waals surface area (Å²) < 4.78 is 10.7. The fourth-order valence-corrected chi connectivity index (χ4v) is 3.98. The molecule has 0 amide bonds. The van der Waals surface area contributed by atoms with Crippen LogP contribution in [-0.2, 0) is 7.05 Å². The Labute approximate surface area is 154 Å². The maximum atomic E-state index is 6.26. The van der Waals surface area contributed by atoms with E-state index in [1.165, 1.54) is 33.6 Å². The van der Waals surface area contributed by atoms with Crippen LogP contribution in [0.3, 0.4) is 0 Å². The number of hydrogen-bond acceptors (Lipinski definition) is 1. The van der Waals surface area contributed by atoms with E-state index >= 15 is 0 Å². The standard InChI is InChI=1S/C23H24N2O/c1-15-14-16(2)22(25-13-9-8-10-17(25)3)18(4)21(15)23-24(5)19-11-6-7-12-20(19)26-23/h6-14H,1-5H3/q+2. The van der Waals surface area contributed by atoms with E-state index in [-0.39, 0.29) is 0 Å². The third-order valence-electron chi connectivity index (χ3n) is 5.19. The molecule has 0 aliphatic rings. The van der Waals surface area contributed by atoms with Crippen molar-refractivity contribution in [2.45, 2.75) is 27.7 Å². The van der Waals surface area contributed by atoms with E-state index in [2.05, 4.69) is 80.4 Å². The van der Waals surface area contributed by atoms with Crippen LogP contribution in [-0.4, -0.2) is 0 Å². The van der Waals surface area contributed by atoms with Gasteiger partial charge >= 0.3 is 5.89 Å². The molecule has 3 heteroatoms. The molecule has 26 heavy (non-hydrogen) atoms. The maximum absolute atomic E-state index is 6.26. The Morgan fingerprint density at radius 2 is 1.58 bits per heavy atom. The summed E-state index contributed by atoms with van der Waals surface area (Å²) in [6.07, 6.45) is 2.13. The normalized spacial score (nSPS) is 11.3. The molecule has 130 valence electrons. The second-order valence-electron chi connectivity index (χ2n) is 7.00. The van der Waals surface area contributed by atoms with Crippen LogP contribution in [0.1, 0.15) is 22.4 Å². The molecule has 0 spiro atoms. The van der Waals surface area contributed by atoms with E-state index in [1.54, 1.807) is 0 Å². The van der Waals surface area contributed by atoms with Crippen molar-refractivity contribution in [1.29, 1.82) is 0 Å². The molecule has 2 heterocycles. The van der Waals surface area contributed by atoms with Gasteiger partial charge in [-0.3, -0.25) is 0 Å². The summed E-state index contributed by atoms with van der Waals surface area (Å²) in [5.74, 6) is 0.900. The average molecular weight is 344 g/mol. The van der Waals surface area contributed by atoms with Crippen molar-refractivity contribution in [3.8, 4) is 17.1 Å². The molecule has 3 nitrogen and oxygen atoms in total. The van der Waals surface area contributed by atoms with Crippen LogP contribution in [0.25, 0.3) is 28.2 Å². The zero-order valence-electron chi connectivity index (χ0n) is 16.0. The zero-order chi connectivity index (χ0) is 18.4. The van der Waals surface area contributed by atoms with E-state index < -0.39 is 0 Å². The molecule has 0 aliphatic heterocycles. The summed E-state index contributed by atoms with van der Waals surface area (Å²) in [4.78, 5) is 0. The maximum Gasteiger partial charge on any atom is 0.382 e. The lowest BCUT2D eigenvalue weighted by Gasteiger charge is -2.11. The molecule has 0 atom stereocenters. The Kier molecular flexibility index (Phi) is 3.87. The fraction of sp³-hybridized carbons (Fsp3) is 0.217. The third-order valence-corrected chi connectivity index (χ3v) is 5.19. The molecule has 2 aromatic carbocycles. The number of pyridine rings is 1. The minimum Gasteiger partial charge on any atom is -0.398 e. The minimum atomic E-state index is 0.900. The molecule has 0 aliphatic carbocycles. The molecular formula is C23H24N2O+2. The largest absolute Gasteiger partial charge is 0.398 e. The number of rotatable bonds is 2. The highest BCUT2D eigenvalue weighted by Gasteiger charge is 2.29. The SMILES string of the molecule is Cc1cc(C)c(-[n+]2ccccc2C)c(C)c1-c1oc2ccccc2[n+]1C. The third kappa shape index (κ3) is 2.43. The highest BCUT2D eigenvalue weighted by atomic mass is 16.4. The second-order valence-corrected chi connectivity index (χ2v) is 7.00. The van der Waals surface area contributed by atoms with Crippen LogP contribution >= 0.6 is 0 Å². The van der Waals surface area contributed by atoms with Gasteiger partial charge in [0.05, 0.1) is 5.56 Å². The second kappa shape index (κ2) is 6.10. The molecule has 0 bridgehead atoms. The number of para-hydroxylation sites is 2. The van der Waals surface area contributed by atoms with Gasteiger partial charge in [0.25, 0.3) is 5.52 Å². The number of fused-ring (bicyclic) bond motifs is 1. The highest BCUT2D eigenvalue weighted by molar-refractivity contribution is 5.74. The molecule has 0 radical (unpaired) electrons. The van der Waals surface area contributed by atoms with Crippen LogP contribution in [0.15, 0.2) is 59.1 Å². The number of hydrogen-bond donors (Lipinski definition) is 0. The van der Waals surface area contributed by atoms with Crippen LogP contribution < -0.4 is 9.13 Å². The lowest BCUT2D eigenvalue weighted by molar-refractivity contribution is -0.637. The van der Waals surface area contributed by atoms with Crippen LogP contribution in [0.5, 0.6) is 0 Å². The summed E-state index contributed by atoms with van der Waals surface area (Å²) in [7, 11) is 2.07. The first kappa shape index (κ1) is 16.5. The summed E-state index contributed by atoms with van der Waals surface area (Å²) >= 11 is 0. The van der Waals surface area contributed by atoms with Gasteiger partial charge in [-0.25, -0.2) is 0 Å². The first-order valence-corrected chi connectivity index (χ1v) is 8.95. The number of oxazole rings is 1. The summed E-state index contributed by atoms with van der Waals surface area (Å²) in [6.45, 7) is 8.67.